The van der Waals surface area contributed by atoms with Gasteiger partial charge in [0.1, 0.15) is 18.8 Å². The highest BCUT2D eigenvalue weighted by atomic mass is 19.1. The summed E-state index contributed by atoms with van der Waals surface area (Å²) in [6, 6.07) is 0.265. The molecule has 0 atom stereocenters. The molecule has 9 heteroatoms. The number of ether oxygens (including phenoxy) is 1. The van der Waals surface area contributed by atoms with Crippen molar-refractivity contribution in [3.63, 3.8) is 0 Å². The lowest BCUT2D eigenvalue weighted by Gasteiger charge is -2.23. The van der Waals surface area contributed by atoms with Gasteiger partial charge >= 0.3 is 6.02 Å². The SMILES string of the molecule is C/C=C\N=CCF.C=N/C(=N\N1C=NC(Cn2ccnc2C)=C(CCC)C1)OC(C)C.CC.CC.CC. The van der Waals surface area contributed by atoms with Crippen LogP contribution >= 0.6 is 0 Å². The van der Waals surface area contributed by atoms with Crippen molar-refractivity contribution in [1.29, 1.82) is 0 Å². The highest BCUT2D eigenvalue weighted by Crippen LogP contribution is 2.20. The minimum Gasteiger partial charge on any atom is -0.460 e. The molecule has 1 aliphatic rings. The predicted octanol–water partition coefficient (Wildman–Crippen LogP) is 7.63. The molecule has 1 aromatic rings. The standard InChI is InChI=1S/C17H26N6O.C5H8FN.3C2H6/c1-6-7-15-10-23(21-17(18-5)24-13(2)3)12-20-16(15)11-22-9-8-19-14(22)4;1-2-4-7-5-3-6;3*1-2/h8-9,12-13H,5-7,10-11H2,1-4H3;2,4-5H,3H2,1H3;3*1-2H3/b21-17+;4-2-,7-5?;;;. The highest BCUT2D eigenvalue weighted by molar-refractivity contribution is 5.79. The van der Waals surface area contributed by atoms with Crippen molar-refractivity contribution in [1.82, 2.24) is 14.6 Å². The van der Waals surface area contributed by atoms with Crippen molar-refractivity contribution in [3.05, 3.63) is 41.8 Å². The van der Waals surface area contributed by atoms with E-state index in [4.69, 9.17) is 4.74 Å². The number of aryl methyl sites for hydroxylation is 1. The summed E-state index contributed by atoms with van der Waals surface area (Å²) in [5.74, 6) is 0.984. The molecule has 0 amide bonds. The van der Waals surface area contributed by atoms with Crippen LogP contribution in [-0.4, -0.2) is 59.2 Å². The first-order valence-corrected chi connectivity index (χ1v) is 13.3. The Hall–Kier alpha value is -3.10. The van der Waals surface area contributed by atoms with Gasteiger partial charge in [0.05, 0.1) is 24.9 Å². The van der Waals surface area contributed by atoms with Gasteiger partial charge < -0.3 is 9.30 Å². The molecule has 0 saturated heterocycles. The zero-order chi connectivity index (χ0) is 29.1. The van der Waals surface area contributed by atoms with Gasteiger partial charge in [-0.2, -0.15) is 0 Å². The lowest BCUT2D eigenvalue weighted by atomic mass is 10.1. The van der Waals surface area contributed by atoms with Crippen LogP contribution in [0.15, 0.2) is 56.0 Å². The molecule has 0 saturated carbocycles. The van der Waals surface area contributed by atoms with E-state index in [1.54, 1.807) is 23.6 Å². The molecular formula is C28H52FN7O. The maximum Gasteiger partial charge on any atom is 0.333 e. The molecule has 2 rings (SSSR count). The molecule has 1 aliphatic heterocycles. The monoisotopic (exact) mass is 521 g/mol. The summed E-state index contributed by atoms with van der Waals surface area (Å²) in [4.78, 5) is 16.2. The maximum atomic E-state index is 11.1. The van der Waals surface area contributed by atoms with Crippen molar-refractivity contribution >= 4 is 25.3 Å². The van der Waals surface area contributed by atoms with Gasteiger partial charge in [-0.15, -0.1) is 5.10 Å². The highest BCUT2D eigenvalue weighted by Gasteiger charge is 2.16. The second-order valence-corrected chi connectivity index (χ2v) is 6.92. The second-order valence-electron chi connectivity index (χ2n) is 6.92. The number of hydrazone groups is 1. The first-order valence-electron chi connectivity index (χ1n) is 13.3. The minimum absolute atomic E-state index is 0.00131. The molecule has 0 fully saturated rings. The number of nitrogens with zero attached hydrogens (tertiary/aromatic N) is 7. The Bertz CT molecular complexity index is 824. The Morgan fingerprint density at radius 2 is 1.86 bits per heavy atom. The van der Waals surface area contributed by atoms with Crippen LogP contribution in [0.2, 0.25) is 0 Å². The van der Waals surface area contributed by atoms with E-state index in [0.29, 0.717) is 6.54 Å². The van der Waals surface area contributed by atoms with E-state index in [-0.39, 0.29) is 12.1 Å². The number of aromatic nitrogens is 2. The van der Waals surface area contributed by atoms with Crippen LogP contribution in [0.3, 0.4) is 0 Å². The number of aliphatic imine (C=N–C) groups is 3. The van der Waals surface area contributed by atoms with Crippen molar-refractivity contribution in [2.75, 3.05) is 13.2 Å². The Labute approximate surface area is 225 Å². The fraction of sp³-hybridized carbons (Fsp3) is 0.607. The fourth-order valence-corrected chi connectivity index (χ4v) is 2.63. The molecule has 0 radical (unpaired) electrons. The summed E-state index contributed by atoms with van der Waals surface area (Å²) in [5.41, 5.74) is 2.34. The van der Waals surface area contributed by atoms with Gasteiger partial charge in [0.25, 0.3) is 0 Å². The molecule has 8 nitrogen and oxygen atoms in total. The zero-order valence-electron chi connectivity index (χ0n) is 25.2. The van der Waals surface area contributed by atoms with E-state index < -0.39 is 6.67 Å². The number of halogens is 1. The number of amidine groups is 1. The maximum absolute atomic E-state index is 11.1. The normalized spacial score (nSPS) is 12.7. The molecule has 0 aliphatic carbocycles. The summed E-state index contributed by atoms with van der Waals surface area (Å²) >= 11 is 0. The van der Waals surface area contributed by atoms with Crippen LogP contribution < -0.4 is 0 Å². The minimum atomic E-state index is -0.482. The van der Waals surface area contributed by atoms with Gasteiger partial charge in [0.15, 0.2) is 0 Å². The Balaban J connectivity index is -0.000000751. The smallest absolute Gasteiger partial charge is 0.333 e. The summed E-state index contributed by atoms with van der Waals surface area (Å²) < 4.78 is 18.7. The molecule has 37 heavy (non-hydrogen) atoms. The molecule has 0 unspecified atom stereocenters. The van der Waals surface area contributed by atoms with E-state index in [0.717, 1.165) is 30.9 Å². The van der Waals surface area contributed by atoms with Crippen molar-refractivity contribution in [3.8, 4) is 0 Å². The first kappa shape index (κ1) is 38.4. The fourth-order valence-electron chi connectivity index (χ4n) is 2.63. The topological polar surface area (TPSA) is 79.7 Å². The van der Waals surface area contributed by atoms with Gasteiger partial charge in [-0.05, 0) is 46.4 Å². The van der Waals surface area contributed by atoms with Gasteiger partial charge in [0, 0.05) is 24.8 Å². The van der Waals surface area contributed by atoms with E-state index in [2.05, 4.69) is 43.3 Å². The average Bonchev–Trinajstić information content (AvgIpc) is 3.33. The summed E-state index contributed by atoms with van der Waals surface area (Å²) in [6.07, 6.45) is 12.0. The third kappa shape index (κ3) is 18.8. The number of hydrogen-bond donors (Lipinski definition) is 0. The van der Waals surface area contributed by atoms with E-state index in [9.17, 15) is 4.39 Å². The quantitative estimate of drug-likeness (QED) is 0.261. The Kier molecular flexibility index (Phi) is 28.5. The number of allylic oxidation sites excluding steroid dienone is 2. The van der Waals surface area contributed by atoms with Crippen LogP contribution in [-0.2, 0) is 11.3 Å². The Morgan fingerprint density at radius 3 is 2.32 bits per heavy atom. The van der Waals surface area contributed by atoms with Crippen LogP contribution in [0.4, 0.5) is 4.39 Å². The number of hydrogen-bond acceptors (Lipinski definition) is 6. The van der Waals surface area contributed by atoms with Crippen molar-refractivity contribution in [2.45, 2.75) is 102 Å². The first-order chi connectivity index (χ1) is 17.9. The van der Waals surface area contributed by atoms with Crippen molar-refractivity contribution in [2.24, 2.45) is 20.1 Å². The largest absolute Gasteiger partial charge is 0.460 e. The molecule has 0 aromatic carbocycles. The number of alkyl halides is 1. The summed E-state index contributed by atoms with van der Waals surface area (Å²) in [5, 5.41) is 6.12. The van der Waals surface area contributed by atoms with Gasteiger partial charge in [-0.25, -0.2) is 24.4 Å². The van der Waals surface area contributed by atoms with Gasteiger partial charge in [-0.3, -0.25) is 4.99 Å². The molecular weight excluding hydrogens is 469 g/mol. The molecule has 0 N–H and O–H groups in total. The Morgan fingerprint density at radius 1 is 1.22 bits per heavy atom. The second kappa shape index (κ2) is 27.5. The van der Waals surface area contributed by atoms with Crippen molar-refractivity contribution < 1.29 is 9.13 Å². The summed E-state index contributed by atoms with van der Waals surface area (Å²) in [7, 11) is 0. The zero-order valence-corrected chi connectivity index (χ0v) is 25.2. The molecule has 1 aromatic heterocycles. The third-order valence-corrected chi connectivity index (χ3v) is 4.00. The summed E-state index contributed by atoms with van der Waals surface area (Å²) in [6.45, 7) is 26.3. The average molecular weight is 522 g/mol. The predicted molar refractivity (Wildman–Crippen MR) is 161 cm³/mol. The molecule has 0 bridgehead atoms. The third-order valence-electron chi connectivity index (χ3n) is 4.00. The van der Waals surface area contributed by atoms with E-state index >= 15 is 0 Å². The molecule has 212 valence electrons. The van der Waals surface area contributed by atoms with E-state index in [1.165, 1.54) is 11.8 Å². The van der Waals surface area contributed by atoms with Crippen LogP contribution in [0.1, 0.15) is 87.9 Å². The van der Waals surface area contributed by atoms with Gasteiger partial charge in [-0.1, -0.05) is 61.0 Å². The molecule has 0 spiro atoms. The van der Waals surface area contributed by atoms with Crippen LogP contribution in [0, 0.1) is 6.92 Å². The molecule has 2 heterocycles. The van der Waals surface area contributed by atoms with Crippen LogP contribution in [0.5, 0.6) is 0 Å². The number of rotatable bonds is 8. The lowest BCUT2D eigenvalue weighted by molar-refractivity contribution is 0.218. The van der Waals surface area contributed by atoms with Gasteiger partial charge in [0.2, 0.25) is 0 Å². The van der Waals surface area contributed by atoms with E-state index in [1.807, 2.05) is 81.6 Å². The number of imidazole rings is 1. The van der Waals surface area contributed by atoms with Crippen LogP contribution in [0.25, 0.3) is 0 Å². The lowest BCUT2D eigenvalue weighted by Crippen LogP contribution is -2.26.